The molecule has 3 heterocycles. The number of H-pyrrole nitrogens is 1. The molecule has 24 heavy (non-hydrogen) atoms. The molecule has 0 spiro atoms. The molecule has 2 aromatic rings. The van der Waals surface area contributed by atoms with Crippen molar-refractivity contribution in [1.82, 2.24) is 25.1 Å². The maximum Gasteiger partial charge on any atom is 0.434 e. The molecule has 2 aromatic heterocycles. The first-order chi connectivity index (χ1) is 11.4. The van der Waals surface area contributed by atoms with E-state index >= 15 is 0 Å². The predicted octanol–water partition coefficient (Wildman–Crippen LogP) is 2.18. The second kappa shape index (κ2) is 6.29. The van der Waals surface area contributed by atoms with Crippen LogP contribution in [0.1, 0.15) is 41.0 Å². The van der Waals surface area contributed by atoms with Crippen LogP contribution in [0.15, 0.2) is 12.3 Å². The zero-order valence-electron chi connectivity index (χ0n) is 13.2. The molecule has 1 atom stereocenters. The number of rotatable bonds is 4. The third-order valence-corrected chi connectivity index (χ3v) is 4.18. The van der Waals surface area contributed by atoms with Gasteiger partial charge in [0.2, 0.25) is 0 Å². The summed E-state index contributed by atoms with van der Waals surface area (Å²) in [6, 6.07) is 1.69. The predicted molar refractivity (Wildman–Crippen MR) is 79.3 cm³/mol. The molecule has 130 valence electrons. The normalized spacial score (nSPS) is 17.6. The molecule has 2 N–H and O–H groups in total. The lowest BCUT2D eigenvalue weighted by Crippen LogP contribution is -2.33. The van der Waals surface area contributed by atoms with Crippen LogP contribution in [0.25, 0.3) is 0 Å². The summed E-state index contributed by atoms with van der Waals surface area (Å²) < 4.78 is 39.6. The van der Waals surface area contributed by atoms with Gasteiger partial charge >= 0.3 is 6.18 Å². The van der Waals surface area contributed by atoms with Crippen molar-refractivity contribution in [2.75, 3.05) is 6.54 Å². The number of hydrogen-bond acceptors (Lipinski definition) is 3. The summed E-state index contributed by atoms with van der Waals surface area (Å²) in [6.07, 6.45) is -1.46. The van der Waals surface area contributed by atoms with Gasteiger partial charge in [-0.15, -0.1) is 0 Å². The molecule has 1 amide bonds. The SMILES string of the molecule is CCc1cc(C(=O)NC[C@@H]2CCc3nc(C(F)(F)F)cn3C2)n[nH]1. The van der Waals surface area contributed by atoms with Crippen molar-refractivity contribution in [3.8, 4) is 0 Å². The largest absolute Gasteiger partial charge is 0.434 e. The average molecular weight is 341 g/mol. The van der Waals surface area contributed by atoms with Gasteiger partial charge < -0.3 is 9.88 Å². The molecule has 9 heteroatoms. The van der Waals surface area contributed by atoms with E-state index in [0.29, 0.717) is 37.4 Å². The Morgan fingerprint density at radius 2 is 2.29 bits per heavy atom. The lowest BCUT2D eigenvalue weighted by Gasteiger charge is -2.23. The molecule has 0 aliphatic carbocycles. The number of aromatic amines is 1. The van der Waals surface area contributed by atoms with Crippen LogP contribution in [0.2, 0.25) is 0 Å². The van der Waals surface area contributed by atoms with Crippen LogP contribution < -0.4 is 5.32 Å². The highest BCUT2D eigenvalue weighted by molar-refractivity contribution is 5.92. The summed E-state index contributed by atoms with van der Waals surface area (Å²) in [5.41, 5.74) is 0.344. The van der Waals surface area contributed by atoms with Gasteiger partial charge in [-0.25, -0.2) is 4.98 Å². The molecule has 3 rings (SSSR count). The Balaban J connectivity index is 1.58. The number of imidazole rings is 1. The Bertz CT molecular complexity index is 734. The number of carbonyl (C=O) groups excluding carboxylic acids is 1. The first-order valence-corrected chi connectivity index (χ1v) is 7.82. The number of alkyl halides is 3. The van der Waals surface area contributed by atoms with Crippen LogP contribution in [-0.4, -0.2) is 32.2 Å². The number of aromatic nitrogens is 4. The molecule has 1 aliphatic rings. The van der Waals surface area contributed by atoms with E-state index in [1.165, 1.54) is 4.57 Å². The second-order valence-electron chi connectivity index (χ2n) is 5.94. The van der Waals surface area contributed by atoms with Crippen molar-refractivity contribution in [3.05, 3.63) is 35.2 Å². The molecule has 0 bridgehead atoms. The van der Waals surface area contributed by atoms with E-state index in [4.69, 9.17) is 0 Å². The van der Waals surface area contributed by atoms with E-state index in [9.17, 15) is 18.0 Å². The van der Waals surface area contributed by atoms with Crippen molar-refractivity contribution in [1.29, 1.82) is 0 Å². The minimum absolute atomic E-state index is 0.0707. The summed E-state index contributed by atoms with van der Waals surface area (Å²) in [5, 5.41) is 9.51. The molecular weight excluding hydrogens is 323 g/mol. The monoisotopic (exact) mass is 341 g/mol. The highest BCUT2D eigenvalue weighted by atomic mass is 19.4. The Labute approximate surface area is 136 Å². The van der Waals surface area contributed by atoms with Crippen molar-refractivity contribution >= 4 is 5.91 Å². The number of carbonyl (C=O) groups is 1. The summed E-state index contributed by atoms with van der Waals surface area (Å²) in [5.74, 6) is 0.240. The van der Waals surface area contributed by atoms with Crippen molar-refractivity contribution < 1.29 is 18.0 Å². The molecule has 1 aliphatic heterocycles. The fourth-order valence-electron chi connectivity index (χ4n) is 2.80. The summed E-state index contributed by atoms with van der Waals surface area (Å²) in [7, 11) is 0. The van der Waals surface area contributed by atoms with Gasteiger partial charge in [0.05, 0.1) is 0 Å². The third kappa shape index (κ3) is 3.44. The van der Waals surface area contributed by atoms with Gasteiger partial charge in [0, 0.05) is 31.4 Å². The van der Waals surface area contributed by atoms with Gasteiger partial charge in [-0.3, -0.25) is 9.89 Å². The first kappa shape index (κ1) is 16.5. The Morgan fingerprint density at radius 1 is 1.50 bits per heavy atom. The van der Waals surface area contributed by atoms with Crippen LogP contribution in [0.5, 0.6) is 0 Å². The number of hydrogen-bond donors (Lipinski definition) is 2. The van der Waals surface area contributed by atoms with E-state index in [2.05, 4.69) is 20.5 Å². The smallest absolute Gasteiger partial charge is 0.350 e. The van der Waals surface area contributed by atoms with Crippen molar-refractivity contribution in [3.63, 3.8) is 0 Å². The Morgan fingerprint density at radius 3 is 2.96 bits per heavy atom. The lowest BCUT2D eigenvalue weighted by atomic mass is 9.99. The van der Waals surface area contributed by atoms with Gasteiger partial charge in [-0.1, -0.05) is 6.92 Å². The van der Waals surface area contributed by atoms with Crippen molar-refractivity contribution in [2.45, 2.75) is 38.9 Å². The Kier molecular flexibility index (Phi) is 4.33. The van der Waals surface area contributed by atoms with Gasteiger partial charge in [0.15, 0.2) is 5.69 Å². The zero-order valence-corrected chi connectivity index (χ0v) is 13.2. The summed E-state index contributed by atoms with van der Waals surface area (Å²) >= 11 is 0. The van der Waals surface area contributed by atoms with Gasteiger partial charge in [-0.2, -0.15) is 18.3 Å². The van der Waals surface area contributed by atoms with E-state index in [0.717, 1.165) is 18.3 Å². The average Bonchev–Trinajstić information content (AvgIpc) is 3.18. The van der Waals surface area contributed by atoms with E-state index in [-0.39, 0.29) is 11.8 Å². The molecule has 0 radical (unpaired) electrons. The quantitative estimate of drug-likeness (QED) is 0.895. The maximum absolute atomic E-state index is 12.7. The highest BCUT2D eigenvalue weighted by Gasteiger charge is 2.35. The van der Waals surface area contributed by atoms with E-state index < -0.39 is 11.9 Å². The fraction of sp³-hybridized carbons (Fsp3) is 0.533. The second-order valence-corrected chi connectivity index (χ2v) is 5.94. The molecule has 0 unspecified atom stereocenters. The minimum atomic E-state index is -4.43. The van der Waals surface area contributed by atoms with Gasteiger partial charge in [-0.05, 0) is 24.8 Å². The number of fused-ring (bicyclic) bond motifs is 1. The number of aryl methyl sites for hydroxylation is 2. The molecule has 0 aromatic carbocycles. The minimum Gasteiger partial charge on any atom is -0.350 e. The summed E-state index contributed by atoms with van der Waals surface area (Å²) in [6.45, 7) is 2.76. The Hall–Kier alpha value is -2.32. The van der Waals surface area contributed by atoms with Gasteiger partial charge in [0.25, 0.3) is 5.91 Å². The molecule has 6 nitrogen and oxygen atoms in total. The summed E-state index contributed by atoms with van der Waals surface area (Å²) in [4.78, 5) is 15.7. The zero-order chi connectivity index (χ0) is 17.3. The lowest BCUT2D eigenvalue weighted by molar-refractivity contribution is -0.141. The number of amides is 1. The molecule has 0 fully saturated rings. The third-order valence-electron chi connectivity index (χ3n) is 4.18. The van der Waals surface area contributed by atoms with Crippen LogP contribution in [0, 0.1) is 5.92 Å². The standard InChI is InChI=1S/C15H18F3N5O/c1-2-10-5-11(22-21-10)14(24)19-6-9-3-4-13-20-12(15(16,17)18)8-23(13)7-9/h5,8-9H,2-4,6-7H2,1H3,(H,19,24)(H,21,22)/t9-/m0/s1. The van der Waals surface area contributed by atoms with E-state index in [1.54, 1.807) is 6.07 Å². The van der Waals surface area contributed by atoms with Crippen LogP contribution in [0.4, 0.5) is 13.2 Å². The fourth-order valence-corrected chi connectivity index (χ4v) is 2.80. The van der Waals surface area contributed by atoms with Gasteiger partial charge in [0.1, 0.15) is 11.5 Å². The van der Waals surface area contributed by atoms with Crippen LogP contribution in [0.3, 0.4) is 0 Å². The van der Waals surface area contributed by atoms with Crippen molar-refractivity contribution in [2.24, 2.45) is 5.92 Å². The number of nitrogens with zero attached hydrogens (tertiary/aromatic N) is 3. The van der Waals surface area contributed by atoms with Crippen LogP contribution >= 0.6 is 0 Å². The van der Waals surface area contributed by atoms with Crippen LogP contribution in [-0.2, 0) is 25.6 Å². The molecule has 0 saturated heterocycles. The highest BCUT2D eigenvalue weighted by Crippen LogP contribution is 2.30. The molecular formula is C15H18F3N5O. The molecule has 0 saturated carbocycles. The first-order valence-electron chi connectivity index (χ1n) is 7.82. The topological polar surface area (TPSA) is 75.6 Å². The maximum atomic E-state index is 12.7. The number of halogens is 3. The number of nitrogens with one attached hydrogen (secondary N) is 2. The van der Waals surface area contributed by atoms with E-state index in [1.807, 2.05) is 6.92 Å².